The van der Waals surface area contributed by atoms with Crippen LogP contribution in [0, 0.1) is 0 Å². The van der Waals surface area contributed by atoms with Crippen LogP contribution in [0.5, 0.6) is 0 Å². The molecule has 8 nitrogen and oxygen atoms in total. The molecule has 3 N–H and O–H groups in total. The van der Waals surface area contributed by atoms with Gasteiger partial charge in [0.2, 0.25) is 5.96 Å². The number of aromatic nitrogens is 1. The number of amides is 1. The van der Waals surface area contributed by atoms with Gasteiger partial charge in [0.05, 0.1) is 5.57 Å². The summed E-state index contributed by atoms with van der Waals surface area (Å²) in [6.45, 7) is 3.29. The number of hydrogen-bond donors (Lipinski definition) is 3. The summed E-state index contributed by atoms with van der Waals surface area (Å²) < 4.78 is 5.76. The number of allylic oxidation sites excluding steroid dienone is 1. The van der Waals surface area contributed by atoms with Gasteiger partial charge in [-0.15, -0.1) is 0 Å². The third-order valence-electron chi connectivity index (χ3n) is 5.75. The van der Waals surface area contributed by atoms with Crippen molar-refractivity contribution in [3.8, 4) is 0 Å². The topological polar surface area (TPSA) is 109 Å². The lowest BCUT2D eigenvalue weighted by atomic mass is 9.95. The smallest absolute Gasteiger partial charge is 0.302 e. The number of fused-ring (bicyclic) bond motifs is 1. The lowest BCUT2D eigenvalue weighted by Gasteiger charge is -2.27. The fourth-order valence-corrected chi connectivity index (χ4v) is 4.21. The van der Waals surface area contributed by atoms with Crippen LogP contribution in [0.4, 0.5) is 11.7 Å². The molecule has 9 heteroatoms. The van der Waals surface area contributed by atoms with Gasteiger partial charge in [0, 0.05) is 27.5 Å². The molecule has 36 heavy (non-hydrogen) atoms. The SMILES string of the molecule is CC(=O)c1ccc(NC(=O)C2=C(C)NC(Nc3nc4ccccc4o3)=NC2c2ccccc2Cl)cc1. The summed E-state index contributed by atoms with van der Waals surface area (Å²) in [5.74, 6) is -0.0218. The van der Waals surface area contributed by atoms with Crippen molar-refractivity contribution in [3.05, 3.63) is 100 Å². The zero-order valence-electron chi connectivity index (χ0n) is 19.5. The molecular weight excluding hydrogens is 478 g/mol. The Balaban J connectivity index is 1.46. The number of oxazole rings is 1. The second-order valence-corrected chi connectivity index (χ2v) is 8.67. The highest BCUT2D eigenvalue weighted by Gasteiger charge is 2.31. The second kappa shape index (κ2) is 9.67. The summed E-state index contributed by atoms with van der Waals surface area (Å²) in [6.07, 6.45) is 0. The lowest BCUT2D eigenvalue weighted by Crippen LogP contribution is -2.37. The number of Topliss-reactive ketones (excluding diaryl/α,β-unsaturated/α-hetero) is 1. The van der Waals surface area contributed by atoms with Crippen LogP contribution < -0.4 is 16.0 Å². The summed E-state index contributed by atoms with van der Waals surface area (Å²) in [7, 11) is 0. The number of para-hydroxylation sites is 2. The predicted octanol–water partition coefficient (Wildman–Crippen LogP) is 5.71. The number of benzene rings is 3. The minimum absolute atomic E-state index is 0.0463. The maximum Gasteiger partial charge on any atom is 0.302 e. The van der Waals surface area contributed by atoms with Crippen molar-refractivity contribution in [2.45, 2.75) is 19.9 Å². The summed E-state index contributed by atoms with van der Waals surface area (Å²) in [5, 5.41) is 9.59. The van der Waals surface area contributed by atoms with Crippen LogP contribution in [-0.2, 0) is 4.79 Å². The van der Waals surface area contributed by atoms with E-state index in [0.717, 1.165) is 0 Å². The van der Waals surface area contributed by atoms with Crippen molar-refractivity contribution in [1.29, 1.82) is 0 Å². The summed E-state index contributed by atoms with van der Waals surface area (Å²) >= 11 is 6.52. The molecule has 0 aliphatic carbocycles. The lowest BCUT2D eigenvalue weighted by molar-refractivity contribution is -0.113. The van der Waals surface area contributed by atoms with Crippen LogP contribution >= 0.6 is 11.6 Å². The van der Waals surface area contributed by atoms with Gasteiger partial charge in [0.15, 0.2) is 11.4 Å². The highest BCUT2D eigenvalue weighted by atomic mass is 35.5. The fraction of sp³-hybridized carbons (Fsp3) is 0.111. The highest BCUT2D eigenvalue weighted by molar-refractivity contribution is 6.31. The van der Waals surface area contributed by atoms with Crippen molar-refractivity contribution in [3.63, 3.8) is 0 Å². The number of hydrogen-bond acceptors (Lipinski definition) is 7. The predicted molar refractivity (Wildman–Crippen MR) is 140 cm³/mol. The number of halogens is 1. The molecule has 0 spiro atoms. The molecule has 1 aromatic heterocycles. The molecule has 2 heterocycles. The number of guanidine groups is 1. The first-order chi connectivity index (χ1) is 17.4. The number of aliphatic imine (C=N–C) groups is 1. The number of anilines is 2. The molecule has 3 aromatic carbocycles. The van der Waals surface area contributed by atoms with Crippen LogP contribution in [0.2, 0.25) is 5.02 Å². The quantitative estimate of drug-likeness (QED) is 0.303. The van der Waals surface area contributed by atoms with Gasteiger partial charge in [-0.2, -0.15) is 4.98 Å². The van der Waals surface area contributed by atoms with Crippen LogP contribution in [0.1, 0.15) is 35.8 Å². The second-order valence-electron chi connectivity index (χ2n) is 8.26. The Morgan fingerprint density at radius 2 is 1.72 bits per heavy atom. The molecule has 1 aliphatic rings. The molecule has 0 radical (unpaired) electrons. The molecule has 1 unspecified atom stereocenters. The van der Waals surface area contributed by atoms with Gasteiger partial charge in [-0.25, -0.2) is 4.99 Å². The summed E-state index contributed by atoms with van der Waals surface area (Å²) in [4.78, 5) is 34.2. The van der Waals surface area contributed by atoms with E-state index in [1.165, 1.54) is 6.92 Å². The Morgan fingerprint density at radius 1 is 1.00 bits per heavy atom. The Hall–Kier alpha value is -4.43. The Morgan fingerprint density at radius 3 is 2.44 bits per heavy atom. The maximum atomic E-state index is 13.4. The van der Waals surface area contributed by atoms with Gasteiger partial charge in [-0.3, -0.25) is 14.9 Å². The van der Waals surface area contributed by atoms with Gasteiger partial charge in [0.1, 0.15) is 11.6 Å². The molecular formula is C27H22ClN5O3. The molecule has 0 saturated carbocycles. The van der Waals surface area contributed by atoms with E-state index in [2.05, 4.69) is 20.9 Å². The number of nitrogens with one attached hydrogen (secondary N) is 3. The first-order valence-electron chi connectivity index (χ1n) is 11.2. The van der Waals surface area contributed by atoms with Crippen molar-refractivity contribution >= 4 is 52.1 Å². The number of rotatable bonds is 5. The molecule has 1 amide bonds. The third-order valence-corrected chi connectivity index (χ3v) is 6.10. The largest absolute Gasteiger partial charge is 0.423 e. The normalized spacial score (nSPS) is 15.3. The molecule has 1 aliphatic heterocycles. The van der Waals surface area contributed by atoms with E-state index in [-0.39, 0.29) is 17.7 Å². The van der Waals surface area contributed by atoms with Gasteiger partial charge in [0.25, 0.3) is 5.91 Å². The van der Waals surface area contributed by atoms with E-state index in [9.17, 15) is 9.59 Å². The summed E-state index contributed by atoms with van der Waals surface area (Å²) in [5.41, 5.74) is 4.14. The van der Waals surface area contributed by atoms with Crippen molar-refractivity contribution in [2.75, 3.05) is 10.6 Å². The highest BCUT2D eigenvalue weighted by Crippen LogP contribution is 2.35. The first kappa shape index (κ1) is 23.3. The average molecular weight is 500 g/mol. The number of ketones is 1. The van der Waals surface area contributed by atoms with Crippen molar-refractivity contribution in [2.24, 2.45) is 4.99 Å². The molecule has 1 atom stereocenters. The molecule has 180 valence electrons. The Bertz CT molecular complexity index is 1510. The van der Waals surface area contributed by atoms with Crippen LogP contribution in [0.15, 0.2) is 93.5 Å². The molecule has 5 rings (SSSR count). The maximum absolute atomic E-state index is 13.4. The summed E-state index contributed by atoms with van der Waals surface area (Å²) in [6, 6.07) is 21.0. The Labute approximate surface area is 212 Å². The van der Waals surface area contributed by atoms with Gasteiger partial charge in [-0.1, -0.05) is 41.9 Å². The molecule has 0 fully saturated rings. The van der Waals surface area contributed by atoms with E-state index in [4.69, 9.17) is 21.0 Å². The average Bonchev–Trinajstić information content (AvgIpc) is 3.26. The number of carbonyl (C=O) groups excluding carboxylic acids is 2. The van der Waals surface area contributed by atoms with E-state index in [1.807, 2.05) is 42.5 Å². The van der Waals surface area contributed by atoms with Crippen LogP contribution in [0.3, 0.4) is 0 Å². The van der Waals surface area contributed by atoms with E-state index >= 15 is 0 Å². The van der Waals surface area contributed by atoms with Gasteiger partial charge in [-0.05, 0) is 56.3 Å². The zero-order valence-corrected chi connectivity index (χ0v) is 20.3. The van der Waals surface area contributed by atoms with Gasteiger partial charge >= 0.3 is 6.01 Å². The minimum atomic E-state index is -0.691. The standard InChI is InChI=1S/C27H22ClN5O3/c1-15-23(25(35)30-18-13-11-17(12-14-18)16(2)34)24(19-7-3-4-8-20(19)28)32-26(29-15)33-27-31-21-9-5-6-10-22(21)36-27/h3-14,24H,1-2H3,(H,30,35)(H2,29,31,32,33). The van der Waals surface area contributed by atoms with E-state index in [0.29, 0.717) is 50.2 Å². The monoisotopic (exact) mass is 499 g/mol. The zero-order chi connectivity index (χ0) is 25.2. The molecule has 0 bridgehead atoms. The fourth-order valence-electron chi connectivity index (χ4n) is 3.97. The number of nitrogens with zero attached hydrogens (tertiary/aromatic N) is 2. The number of carbonyl (C=O) groups is 2. The van der Waals surface area contributed by atoms with Crippen molar-refractivity contribution < 1.29 is 14.0 Å². The molecule has 0 saturated heterocycles. The van der Waals surface area contributed by atoms with E-state index in [1.54, 1.807) is 37.3 Å². The Kier molecular flexibility index (Phi) is 6.26. The third kappa shape index (κ3) is 4.71. The van der Waals surface area contributed by atoms with Gasteiger partial charge < -0.3 is 15.1 Å². The van der Waals surface area contributed by atoms with E-state index < -0.39 is 6.04 Å². The van der Waals surface area contributed by atoms with Crippen LogP contribution in [0.25, 0.3) is 11.1 Å². The van der Waals surface area contributed by atoms with Crippen molar-refractivity contribution in [1.82, 2.24) is 10.3 Å². The molecule has 4 aromatic rings. The minimum Gasteiger partial charge on any atom is -0.423 e. The first-order valence-corrected chi connectivity index (χ1v) is 11.6. The van der Waals surface area contributed by atoms with Crippen LogP contribution in [-0.4, -0.2) is 22.6 Å².